The molecule has 0 bridgehead atoms. The highest BCUT2D eigenvalue weighted by Gasteiger charge is 2.45. The first-order chi connectivity index (χ1) is 15.6. The molecular weight excluding hydrogens is 444 g/mol. The van der Waals surface area contributed by atoms with Gasteiger partial charge in [-0.15, -0.1) is 23.5 Å². The molecule has 8 heteroatoms. The first-order valence-electron chi connectivity index (χ1n) is 11.7. The molecule has 2 fully saturated rings. The fourth-order valence-electron chi connectivity index (χ4n) is 4.96. The van der Waals surface area contributed by atoms with E-state index in [2.05, 4.69) is 29.6 Å². The van der Waals surface area contributed by atoms with Crippen molar-refractivity contribution in [2.45, 2.75) is 63.2 Å². The van der Waals surface area contributed by atoms with Crippen molar-refractivity contribution in [1.29, 1.82) is 0 Å². The maximum absolute atomic E-state index is 13.5. The van der Waals surface area contributed by atoms with Crippen molar-refractivity contribution in [3.63, 3.8) is 0 Å². The molecule has 1 aliphatic carbocycles. The standard InChI is InChI=1S/C24H34N2O4S2/c1-3-29-24(30-4-2)19-13-31-15-26(19)23(28)21-22(32-14-25-21)20(27)12-16-9-10-17-7-5-6-8-18(17)11-16/h5-8,16,19,21-22,24-25H,3-4,9-15H2,1-2H3/t16-,19+,21+,22?/m1/s1. The van der Waals surface area contributed by atoms with Crippen LogP contribution in [0, 0.1) is 5.92 Å². The third-order valence-electron chi connectivity index (χ3n) is 6.57. The molecule has 0 radical (unpaired) electrons. The maximum Gasteiger partial charge on any atom is 0.242 e. The van der Waals surface area contributed by atoms with Crippen molar-refractivity contribution in [1.82, 2.24) is 10.2 Å². The Morgan fingerprint density at radius 3 is 2.69 bits per heavy atom. The fraction of sp³-hybridized carbons (Fsp3) is 0.667. The summed E-state index contributed by atoms with van der Waals surface area (Å²) in [4.78, 5) is 28.7. The molecule has 3 aliphatic rings. The van der Waals surface area contributed by atoms with E-state index in [0.29, 0.717) is 37.3 Å². The van der Waals surface area contributed by atoms with E-state index in [-0.39, 0.29) is 23.0 Å². The lowest BCUT2D eigenvalue weighted by molar-refractivity contribution is -0.173. The summed E-state index contributed by atoms with van der Waals surface area (Å²) in [5, 5.41) is 2.98. The number of nitrogens with one attached hydrogen (secondary N) is 1. The van der Waals surface area contributed by atoms with Crippen LogP contribution in [0.25, 0.3) is 0 Å². The predicted octanol–water partition coefficient (Wildman–Crippen LogP) is 3.08. The van der Waals surface area contributed by atoms with E-state index < -0.39 is 12.3 Å². The van der Waals surface area contributed by atoms with Gasteiger partial charge in [-0.05, 0) is 50.2 Å². The van der Waals surface area contributed by atoms with Gasteiger partial charge in [0.1, 0.15) is 11.8 Å². The number of fused-ring (bicyclic) bond motifs is 1. The summed E-state index contributed by atoms with van der Waals surface area (Å²) in [6, 6.07) is 7.96. The van der Waals surface area contributed by atoms with Gasteiger partial charge in [-0.3, -0.25) is 14.9 Å². The molecule has 2 heterocycles. The number of hydrogen-bond donors (Lipinski definition) is 1. The first-order valence-corrected chi connectivity index (χ1v) is 13.9. The number of amides is 1. The Morgan fingerprint density at radius 2 is 1.94 bits per heavy atom. The zero-order chi connectivity index (χ0) is 22.5. The summed E-state index contributed by atoms with van der Waals surface area (Å²) in [7, 11) is 0. The lowest BCUT2D eigenvalue weighted by Crippen LogP contribution is -2.55. The third-order valence-corrected chi connectivity index (χ3v) is 8.83. The molecule has 1 N–H and O–H groups in total. The van der Waals surface area contributed by atoms with Crippen LogP contribution in [0.5, 0.6) is 0 Å². The van der Waals surface area contributed by atoms with Crippen LogP contribution in [0.4, 0.5) is 0 Å². The monoisotopic (exact) mass is 478 g/mol. The van der Waals surface area contributed by atoms with Crippen molar-refractivity contribution in [2.75, 3.05) is 30.7 Å². The number of rotatable bonds is 9. The van der Waals surface area contributed by atoms with Crippen molar-refractivity contribution < 1.29 is 19.1 Å². The zero-order valence-corrected chi connectivity index (χ0v) is 20.6. The van der Waals surface area contributed by atoms with Crippen molar-refractivity contribution in [2.24, 2.45) is 5.92 Å². The van der Waals surface area contributed by atoms with E-state index in [1.165, 1.54) is 11.1 Å². The normalized spacial score (nSPS) is 27.7. The summed E-state index contributed by atoms with van der Waals surface area (Å²) < 4.78 is 11.6. The van der Waals surface area contributed by atoms with Crippen LogP contribution in [-0.2, 0) is 31.9 Å². The number of aryl methyl sites for hydroxylation is 1. The van der Waals surface area contributed by atoms with Gasteiger partial charge in [-0.25, -0.2) is 0 Å². The van der Waals surface area contributed by atoms with Gasteiger partial charge in [0.15, 0.2) is 6.29 Å². The van der Waals surface area contributed by atoms with Gasteiger partial charge in [0.05, 0.1) is 17.2 Å². The Balaban J connectivity index is 1.39. The third kappa shape index (κ3) is 5.36. The molecule has 0 aromatic heterocycles. The van der Waals surface area contributed by atoms with E-state index >= 15 is 0 Å². The summed E-state index contributed by atoms with van der Waals surface area (Å²) in [6.45, 7) is 4.95. The highest BCUT2D eigenvalue weighted by atomic mass is 32.2. The number of nitrogens with zero attached hydrogens (tertiary/aromatic N) is 1. The van der Waals surface area contributed by atoms with Crippen LogP contribution < -0.4 is 5.32 Å². The van der Waals surface area contributed by atoms with E-state index in [0.717, 1.165) is 25.0 Å². The predicted molar refractivity (Wildman–Crippen MR) is 130 cm³/mol. The molecule has 0 saturated carbocycles. The van der Waals surface area contributed by atoms with Crippen LogP contribution in [0.1, 0.15) is 37.8 Å². The van der Waals surface area contributed by atoms with Crippen molar-refractivity contribution in [3.8, 4) is 0 Å². The van der Waals surface area contributed by atoms with E-state index in [4.69, 9.17) is 9.47 Å². The van der Waals surface area contributed by atoms with Crippen LogP contribution in [-0.4, -0.2) is 70.9 Å². The molecule has 1 aromatic carbocycles. The average molecular weight is 479 g/mol. The van der Waals surface area contributed by atoms with E-state index in [1.807, 2.05) is 18.7 Å². The van der Waals surface area contributed by atoms with Crippen LogP contribution in [0.15, 0.2) is 24.3 Å². The Bertz CT molecular complexity index is 802. The highest BCUT2D eigenvalue weighted by molar-refractivity contribution is 8.01. The molecule has 2 aliphatic heterocycles. The molecule has 4 rings (SSSR count). The Kier molecular flexibility index (Phi) is 8.56. The van der Waals surface area contributed by atoms with Gasteiger partial charge in [0.25, 0.3) is 0 Å². The van der Waals surface area contributed by atoms with Gasteiger partial charge in [-0.2, -0.15) is 0 Å². The molecule has 0 spiro atoms. The minimum atomic E-state index is -0.464. The number of hydrogen-bond acceptors (Lipinski definition) is 7. The smallest absolute Gasteiger partial charge is 0.242 e. The van der Waals surface area contributed by atoms with E-state index in [9.17, 15) is 9.59 Å². The molecule has 1 amide bonds. The number of thioether (sulfide) groups is 2. The number of ether oxygens (including phenoxy) is 2. The van der Waals surface area contributed by atoms with Gasteiger partial charge >= 0.3 is 0 Å². The quantitative estimate of drug-likeness (QED) is 0.547. The van der Waals surface area contributed by atoms with E-state index in [1.54, 1.807) is 23.5 Å². The highest BCUT2D eigenvalue weighted by Crippen LogP contribution is 2.33. The first kappa shape index (κ1) is 24.1. The SMILES string of the molecule is CCOC(OCC)[C@@H]1CSCN1C(=O)[C@H]1NCSC1C(=O)C[C@@H]1CCc2ccccc2C1. The number of Topliss-reactive ketones (excluding diaryl/α,β-unsaturated/α-hetero) is 1. The lowest BCUT2D eigenvalue weighted by Gasteiger charge is -2.33. The second-order valence-electron chi connectivity index (χ2n) is 8.62. The summed E-state index contributed by atoms with van der Waals surface area (Å²) in [5.41, 5.74) is 2.79. The Hall–Kier alpha value is -1.06. The molecule has 2 saturated heterocycles. The minimum absolute atomic E-state index is 0.00162. The molecule has 176 valence electrons. The summed E-state index contributed by atoms with van der Waals surface area (Å²) >= 11 is 3.29. The molecule has 6 nitrogen and oxygen atoms in total. The summed E-state index contributed by atoms with van der Waals surface area (Å²) in [5.74, 6) is 2.61. The number of carbonyl (C=O) groups excluding carboxylic acids is 2. The summed E-state index contributed by atoms with van der Waals surface area (Å²) in [6.07, 6.45) is 3.17. The van der Waals surface area contributed by atoms with Gasteiger partial charge in [0, 0.05) is 31.3 Å². The molecular formula is C24H34N2O4S2. The van der Waals surface area contributed by atoms with Crippen molar-refractivity contribution in [3.05, 3.63) is 35.4 Å². The number of ketones is 1. The average Bonchev–Trinajstić information content (AvgIpc) is 3.48. The molecule has 32 heavy (non-hydrogen) atoms. The van der Waals surface area contributed by atoms with Gasteiger partial charge in [0.2, 0.25) is 5.91 Å². The van der Waals surface area contributed by atoms with Crippen LogP contribution in [0.2, 0.25) is 0 Å². The van der Waals surface area contributed by atoms with Gasteiger partial charge < -0.3 is 14.4 Å². The Morgan fingerprint density at radius 1 is 1.19 bits per heavy atom. The second-order valence-corrected chi connectivity index (χ2v) is 10.7. The Labute approximate surface area is 199 Å². The molecule has 4 atom stereocenters. The number of carbonyl (C=O) groups is 2. The van der Waals surface area contributed by atoms with Crippen LogP contribution in [0.3, 0.4) is 0 Å². The molecule has 1 aromatic rings. The largest absolute Gasteiger partial charge is 0.351 e. The topological polar surface area (TPSA) is 67.9 Å². The fourth-order valence-corrected chi connectivity index (χ4v) is 7.30. The van der Waals surface area contributed by atoms with Crippen LogP contribution >= 0.6 is 23.5 Å². The maximum atomic E-state index is 13.5. The van der Waals surface area contributed by atoms with Crippen molar-refractivity contribution >= 4 is 35.2 Å². The lowest BCUT2D eigenvalue weighted by atomic mass is 9.81. The zero-order valence-electron chi connectivity index (χ0n) is 19.0. The number of benzene rings is 1. The second kappa shape index (κ2) is 11.4. The molecule has 1 unspecified atom stereocenters. The minimum Gasteiger partial charge on any atom is -0.351 e. The van der Waals surface area contributed by atoms with Gasteiger partial charge in [-0.1, -0.05) is 24.3 Å².